The first kappa shape index (κ1) is 17.9. The predicted molar refractivity (Wildman–Crippen MR) is 107 cm³/mol. The van der Waals surface area contributed by atoms with Gasteiger partial charge >= 0.3 is 5.76 Å². The monoisotopic (exact) mass is 405 g/mol. The van der Waals surface area contributed by atoms with Gasteiger partial charge in [0.1, 0.15) is 0 Å². The van der Waals surface area contributed by atoms with E-state index in [-0.39, 0.29) is 35.1 Å². The van der Waals surface area contributed by atoms with E-state index in [0.717, 1.165) is 11.3 Å². The van der Waals surface area contributed by atoms with Crippen LogP contribution < -0.4 is 15.6 Å². The van der Waals surface area contributed by atoms with Crippen molar-refractivity contribution >= 4 is 28.5 Å². The number of H-pyrrole nitrogens is 1. The molecule has 2 unspecified atom stereocenters. The highest BCUT2D eigenvalue weighted by molar-refractivity contribution is 6.27. The van der Waals surface area contributed by atoms with Crippen molar-refractivity contribution in [3.63, 3.8) is 0 Å². The Balaban J connectivity index is 1.69. The van der Waals surface area contributed by atoms with E-state index >= 15 is 0 Å². The number of rotatable bonds is 3. The van der Waals surface area contributed by atoms with Crippen molar-refractivity contribution in [3.8, 4) is 0 Å². The second-order valence-corrected chi connectivity index (χ2v) is 7.08. The molecule has 0 saturated carbocycles. The number of amides is 1. The van der Waals surface area contributed by atoms with E-state index in [1.807, 2.05) is 36.2 Å². The summed E-state index contributed by atoms with van der Waals surface area (Å²) in [7, 11) is 1.92. The third kappa shape index (κ3) is 2.54. The van der Waals surface area contributed by atoms with Gasteiger partial charge in [0.05, 0.1) is 22.6 Å². The minimum absolute atomic E-state index is 0.0414. The van der Waals surface area contributed by atoms with Crippen LogP contribution in [0.1, 0.15) is 17.4 Å². The Morgan fingerprint density at radius 2 is 1.87 bits per heavy atom. The molecule has 3 aromatic rings. The summed E-state index contributed by atoms with van der Waals surface area (Å²) in [6.07, 6.45) is 1.77. The van der Waals surface area contributed by atoms with Gasteiger partial charge in [-0.25, -0.2) is 4.79 Å². The van der Waals surface area contributed by atoms with E-state index in [1.54, 1.807) is 23.1 Å². The second-order valence-electron chi connectivity index (χ2n) is 7.08. The molecule has 150 valence electrons. The van der Waals surface area contributed by atoms with Crippen molar-refractivity contribution in [2.24, 2.45) is 0 Å². The van der Waals surface area contributed by atoms with E-state index in [1.165, 1.54) is 12.1 Å². The number of anilines is 2. The van der Waals surface area contributed by atoms with Crippen molar-refractivity contribution in [1.29, 1.82) is 0 Å². The molecule has 0 spiro atoms. The molecule has 0 bridgehead atoms. The summed E-state index contributed by atoms with van der Waals surface area (Å²) in [5, 5.41) is 14.7. The van der Waals surface area contributed by atoms with Crippen LogP contribution in [-0.2, 0) is 4.79 Å². The summed E-state index contributed by atoms with van der Waals surface area (Å²) >= 11 is 0. The van der Waals surface area contributed by atoms with E-state index in [0.29, 0.717) is 5.69 Å². The van der Waals surface area contributed by atoms with Gasteiger partial charge in [0.2, 0.25) is 0 Å². The fourth-order valence-electron chi connectivity index (χ4n) is 4.15. The number of fused-ring (bicyclic) bond motifs is 3. The van der Waals surface area contributed by atoms with Crippen molar-refractivity contribution in [1.82, 2.24) is 10.1 Å². The van der Waals surface area contributed by atoms with Crippen LogP contribution in [0, 0.1) is 10.1 Å². The Hall–Kier alpha value is -4.21. The smallest absolute Gasteiger partial charge is 0.365 e. The summed E-state index contributed by atoms with van der Waals surface area (Å²) in [4.78, 5) is 41.6. The van der Waals surface area contributed by atoms with Gasteiger partial charge in [-0.3, -0.25) is 29.3 Å². The quantitative estimate of drug-likeness (QED) is 0.523. The molecule has 3 heterocycles. The summed E-state index contributed by atoms with van der Waals surface area (Å²) in [5.41, 5.74) is 2.56. The number of hydrogen-bond donors (Lipinski definition) is 1. The molecule has 0 aliphatic carbocycles. The van der Waals surface area contributed by atoms with Crippen molar-refractivity contribution in [3.05, 3.63) is 86.7 Å². The van der Waals surface area contributed by atoms with Crippen molar-refractivity contribution < 1.29 is 14.2 Å². The van der Waals surface area contributed by atoms with Crippen molar-refractivity contribution in [2.75, 3.05) is 16.8 Å². The van der Waals surface area contributed by atoms with Crippen LogP contribution in [0.25, 0.3) is 5.57 Å². The van der Waals surface area contributed by atoms with E-state index in [9.17, 15) is 19.7 Å². The van der Waals surface area contributed by atoms with Crippen molar-refractivity contribution in [2.45, 2.75) is 12.1 Å². The number of benzene rings is 2. The number of aromatic nitrogens is 2. The predicted octanol–water partition coefficient (Wildman–Crippen LogP) is 2.26. The summed E-state index contributed by atoms with van der Waals surface area (Å²) in [6, 6.07) is 13.0. The van der Waals surface area contributed by atoms with Gasteiger partial charge in [0.25, 0.3) is 11.6 Å². The highest BCUT2D eigenvalue weighted by atomic mass is 16.6. The molecule has 2 aliphatic rings. The molecule has 10 heteroatoms. The average Bonchev–Trinajstić information content (AvgIpc) is 3.30. The van der Waals surface area contributed by atoms with Crippen LogP contribution in [0.4, 0.5) is 17.1 Å². The minimum Gasteiger partial charge on any atom is -0.365 e. The van der Waals surface area contributed by atoms with Crippen LogP contribution in [0.3, 0.4) is 0 Å². The molecule has 2 atom stereocenters. The van der Waals surface area contributed by atoms with Gasteiger partial charge in [0.15, 0.2) is 5.82 Å². The van der Waals surface area contributed by atoms with Crippen LogP contribution in [0.2, 0.25) is 0 Å². The molecular formula is C20H15N5O5. The molecule has 0 radical (unpaired) electrons. The van der Waals surface area contributed by atoms with Crippen LogP contribution in [0.5, 0.6) is 0 Å². The molecule has 2 aromatic carbocycles. The Morgan fingerprint density at radius 1 is 1.13 bits per heavy atom. The number of carbonyl (C=O) groups excluding carboxylic acids is 1. The molecule has 30 heavy (non-hydrogen) atoms. The van der Waals surface area contributed by atoms with E-state index < -0.39 is 10.7 Å². The molecule has 10 nitrogen and oxygen atoms in total. The number of nitrogens with zero attached hydrogens (tertiary/aromatic N) is 4. The number of carbonyl (C=O) groups is 1. The number of non-ortho nitro benzene ring substituents is 1. The fourth-order valence-corrected chi connectivity index (χ4v) is 4.15. The Labute approximate surface area is 169 Å². The maximum atomic E-state index is 13.5. The first-order valence-corrected chi connectivity index (χ1v) is 9.13. The standard InChI is InChI=1S/C20H15N5O5/c1-23-15-5-3-2-4-13(15)17-16(23)10-14(18-21-20(27)30-22-18)19(26)24(17)11-6-8-12(9-7-11)25(28)29/h2-10,16-17H,1H3,(H,21,22,27). The Morgan fingerprint density at radius 3 is 2.53 bits per heavy atom. The van der Waals surface area contributed by atoms with Gasteiger partial charge in [-0.15, -0.1) is 0 Å². The van der Waals surface area contributed by atoms with E-state index in [2.05, 4.69) is 14.7 Å². The van der Waals surface area contributed by atoms with Gasteiger partial charge in [0, 0.05) is 36.1 Å². The molecule has 1 aromatic heterocycles. The number of nitrogens with one attached hydrogen (secondary N) is 1. The number of nitro benzene ring substituents is 1. The normalized spacial score (nSPS) is 20.0. The lowest BCUT2D eigenvalue weighted by Gasteiger charge is -2.38. The second kappa shape index (κ2) is 6.41. The lowest BCUT2D eigenvalue weighted by molar-refractivity contribution is -0.384. The van der Waals surface area contributed by atoms with Gasteiger partial charge in [-0.1, -0.05) is 23.4 Å². The van der Waals surface area contributed by atoms with Crippen LogP contribution in [-0.4, -0.2) is 34.1 Å². The van der Waals surface area contributed by atoms with E-state index in [4.69, 9.17) is 0 Å². The third-order valence-corrected chi connectivity index (χ3v) is 5.51. The molecule has 1 amide bonds. The van der Waals surface area contributed by atoms with Gasteiger partial charge in [-0.05, 0) is 24.3 Å². The first-order chi connectivity index (χ1) is 14.5. The lowest BCUT2D eigenvalue weighted by Crippen LogP contribution is -2.46. The largest absolute Gasteiger partial charge is 0.439 e. The van der Waals surface area contributed by atoms with Crippen LogP contribution in [0.15, 0.2) is 63.9 Å². The number of nitro groups is 1. The third-order valence-electron chi connectivity index (χ3n) is 5.51. The molecule has 1 N–H and O–H groups in total. The molecule has 0 saturated heterocycles. The number of aromatic amines is 1. The van der Waals surface area contributed by atoms with Crippen LogP contribution >= 0.6 is 0 Å². The SMILES string of the molecule is CN1c2ccccc2C2C1C=C(c1noc(=O)[nH]1)C(=O)N2c1ccc([N+](=O)[O-])cc1. The highest BCUT2D eigenvalue weighted by Crippen LogP contribution is 2.47. The first-order valence-electron chi connectivity index (χ1n) is 9.13. The number of likely N-dealkylation sites (N-methyl/N-ethyl adjacent to an activating group) is 1. The Kier molecular flexibility index (Phi) is 3.82. The Bertz CT molecular complexity index is 1260. The zero-order valence-electron chi connectivity index (χ0n) is 15.7. The fraction of sp³-hybridized carbons (Fsp3) is 0.150. The molecule has 5 rings (SSSR count). The average molecular weight is 405 g/mol. The minimum atomic E-state index is -0.759. The molecule has 0 fully saturated rings. The maximum absolute atomic E-state index is 13.5. The maximum Gasteiger partial charge on any atom is 0.439 e. The zero-order valence-corrected chi connectivity index (χ0v) is 15.7. The highest BCUT2D eigenvalue weighted by Gasteiger charge is 2.46. The molecule has 2 aliphatic heterocycles. The lowest BCUT2D eigenvalue weighted by atomic mass is 9.93. The topological polar surface area (TPSA) is 126 Å². The summed E-state index contributed by atoms with van der Waals surface area (Å²) in [6.45, 7) is 0. The van der Waals surface area contributed by atoms with Gasteiger partial charge < -0.3 is 4.90 Å². The van der Waals surface area contributed by atoms with Gasteiger partial charge in [-0.2, -0.15) is 0 Å². The summed E-state index contributed by atoms with van der Waals surface area (Å²) < 4.78 is 4.59. The zero-order chi connectivity index (χ0) is 21.0. The number of hydrogen-bond acceptors (Lipinski definition) is 7. The molecular weight excluding hydrogens is 390 g/mol. The number of para-hydroxylation sites is 1. The summed E-state index contributed by atoms with van der Waals surface area (Å²) in [5.74, 6) is -1.11.